The normalized spacial score (nSPS) is 11.0. The number of hydrogen-bond acceptors (Lipinski definition) is 5. The maximum atomic E-state index is 13.2. The SMILES string of the molecule is Cc1ccc(-n2c(SCCOc3ccccc3C)nc3ccccc3c2=O)nc1. The van der Waals surface area contributed by atoms with E-state index in [1.807, 2.05) is 68.4 Å². The van der Waals surface area contributed by atoms with Gasteiger partial charge in [0, 0.05) is 11.9 Å². The van der Waals surface area contributed by atoms with Gasteiger partial charge < -0.3 is 4.74 Å². The first-order valence-corrected chi connectivity index (χ1v) is 10.4. The average Bonchev–Trinajstić information content (AvgIpc) is 2.73. The van der Waals surface area contributed by atoms with Crippen LogP contribution in [0.2, 0.25) is 0 Å². The maximum absolute atomic E-state index is 13.2. The highest BCUT2D eigenvalue weighted by atomic mass is 32.2. The number of ether oxygens (including phenoxy) is 1. The van der Waals surface area contributed by atoms with Crippen LogP contribution in [0, 0.1) is 13.8 Å². The first-order chi connectivity index (χ1) is 14.1. The molecule has 0 bridgehead atoms. The van der Waals surface area contributed by atoms with Crippen molar-refractivity contribution in [3.63, 3.8) is 0 Å². The lowest BCUT2D eigenvalue weighted by atomic mass is 10.2. The summed E-state index contributed by atoms with van der Waals surface area (Å²) in [4.78, 5) is 22.3. The van der Waals surface area contributed by atoms with Crippen molar-refractivity contribution in [2.24, 2.45) is 0 Å². The number of fused-ring (bicyclic) bond motifs is 1. The summed E-state index contributed by atoms with van der Waals surface area (Å²) in [6.45, 7) is 4.50. The number of para-hydroxylation sites is 2. The zero-order valence-electron chi connectivity index (χ0n) is 16.3. The van der Waals surface area contributed by atoms with Gasteiger partial charge in [0.2, 0.25) is 0 Å². The Morgan fingerprint density at radius 2 is 1.79 bits per heavy atom. The van der Waals surface area contributed by atoms with E-state index in [2.05, 4.69) is 4.98 Å². The number of hydrogen-bond donors (Lipinski definition) is 0. The number of rotatable bonds is 6. The fourth-order valence-electron chi connectivity index (χ4n) is 3.01. The second kappa shape index (κ2) is 8.49. The Kier molecular flexibility index (Phi) is 5.62. The second-order valence-electron chi connectivity index (χ2n) is 6.71. The molecular formula is C23H21N3O2S. The largest absolute Gasteiger partial charge is 0.492 e. The van der Waals surface area contributed by atoms with Crippen molar-refractivity contribution in [3.05, 3.63) is 88.3 Å². The van der Waals surface area contributed by atoms with Crippen LogP contribution in [-0.4, -0.2) is 26.9 Å². The Morgan fingerprint density at radius 1 is 1.00 bits per heavy atom. The lowest BCUT2D eigenvalue weighted by molar-refractivity contribution is 0.341. The molecule has 0 N–H and O–H groups in total. The molecule has 4 rings (SSSR count). The zero-order chi connectivity index (χ0) is 20.2. The third-order valence-electron chi connectivity index (χ3n) is 4.54. The zero-order valence-corrected chi connectivity index (χ0v) is 17.1. The van der Waals surface area contributed by atoms with Crippen LogP contribution in [0.1, 0.15) is 11.1 Å². The van der Waals surface area contributed by atoms with E-state index in [0.717, 1.165) is 16.9 Å². The highest BCUT2D eigenvalue weighted by Gasteiger charge is 2.14. The van der Waals surface area contributed by atoms with Gasteiger partial charge in [0.1, 0.15) is 11.6 Å². The first kappa shape index (κ1) is 19.2. The van der Waals surface area contributed by atoms with Crippen molar-refractivity contribution in [1.29, 1.82) is 0 Å². The average molecular weight is 404 g/mol. The van der Waals surface area contributed by atoms with Crippen molar-refractivity contribution in [1.82, 2.24) is 14.5 Å². The second-order valence-corrected chi connectivity index (χ2v) is 7.77. The summed E-state index contributed by atoms with van der Waals surface area (Å²) >= 11 is 1.49. The molecule has 0 saturated carbocycles. The topological polar surface area (TPSA) is 57.0 Å². The van der Waals surface area contributed by atoms with E-state index in [-0.39, 0.29) is 5.56 Å². The molecule has 2 aromatic heterocycles. The molecule has 2 aromatic carbocycles. The standard InChI is InChI=1S/C23H21N3O2S/c1-16-11-12-21(24-15-16)26-22(27)18-8-4-5-9-19(18)25-23(26)29-14-13-28-20-10-6-3-7-17(20)2/h3-12,15H,13-14H2,1-2H3. The highest BCUT2D eigenvalue weighted by Crippen LogP contribution is 2.22. The van der Waals surface area contributed by atoms with Gasteiger partial charge in [0.25, 0.3) is 5.56 Å². The minimum Gasteiger partial charge on any atom is -0.492 e. The number of aryl methyl sites for hydroxylation is 2. The van der Waals surface area contributed by atoms with Gasteiger partial charge in [-0.05, 0) is 49.2 Å². The van der Waals surface area contributed by atoms with Crippen LogP contribution in [0.3, 0.4) is 0 Å². The summed E-state index contributed by atoms with van der Waals surface area (Å²) in [5.74, 6) is 2.10. The van der Waals surface area contributed by atoms with Crippen LogP contribution >= 0.6 is 11.8 Å². The van der Waals surface area contributed by atoms with Crippen molar-refractivity contribution in [2.75, 3.05) is 12.4 Å². The minimum atomic E-state index is -0.116. The fraction of sp³-hybridized carbons (Fsp3) is 0.174. The van der Waals surface area contributed by atoms with Crippen molar-refractivity contribution in [2.45, 2.75) is 19.0 Å². The van der Waals surface area contributed by atoms with E-state index in [4.69, 9.17) is 9.72 Å². The lowest BCUT2D eigenvalue weighted by Crippen LogP contribution is -2.23. The fourth-order valence-corrected chi connectivity index (χ4v) is 3.82. The van der Waals surface area contributed by atoms with Gasteiger partial charge in [0.05, 0.1) is 17.5 Å². The van der Waals surface area contributed by atoms with Crippen molar-refractivity contribution >= 4 is 22.7 Å². The molecule has 29 heavy (non-hydrogen) atoms. The Morgan fingerprint density at radius 3 is 2.59 bits per heavy atom. The van der Waals surface area contributed by atoms with Crippen LogP contribution in [0.4, 0.5) is 0 Å². The summed E-state index contributed by atoms with van der Waals surface area (Å²) < 4.78 is 7.47. The van der Waals surface area contributed by atoms with E-state index in [1.54, 1.807) is 16.8 Å². The molecule has 5 nitrogen and oxygen atoms in total. The van der Waals surface area contributed by atoms with Crippen LogP contribution in [0.5, 0.6) is 5.75 Å². The van der Waals surface area contributed by atoms with Gasteiger partial charge in [-0.1, -0.05) is 48.2 Å². The van der Waals surface area contributed by atoms with E-state index in [9.17, 15) is 4.79 Å². The molecule has 2 heterocycles. The summed E-state index contributed by atoms with van der Waals surface area (Å²) in [5.41, 5.74) is 2.70. The van der Waals surface area contributed by atoms with Gasteiger partial charge in [-0.15, -0.1) is 0 Å². The predicted molar refractivity (Wildman–Crippen MR) is 117 cm³/mol. The third-order valence-corrected chi connectivity index (χ3v) is 5.44. The quantitative estimate of drug-likeness (QED) is 0.268. The van der Waals surface area contributed by atoms with E-state index >= 15 is 0 Å². The van der Waals surface area contributed by atoms with Gasteiger partial charge in [-0.3, -0.25) is 4.79 Å². The smallest absolute Gasteiger partial charge is 0.267 e. The molecule has 0 unspecified atom stereocenters. The Bertz CT molecular complexity index is 1200. The van der Waals surface area contributed by atoms with Crippen LogP contribution in [0.15, 0.2) is 76.8 Å². The molecule has 4 aromatic rings. The molecule has 0 atom stereocenters. The summed E-state index contributed by atoms with van der Waals surface area (Å²) in [6, 6.07) is 19.1. The molecule has 6 heteroatoms. The summed E-state index contributed by atoms with van der Waals surface area (Å²) in [7, 11) is 0. The number of aromatic nitrogens is 3. The number of nitrogens with zero attached hydrogens (tertiary/aromatic N) is 3. The Labute approximate surface area is 173 Å². The number of thioether (sulfide) groups is 1. The van der Waals surface area contributed by atoms with Crippen LogP contribution < -0.4 is 10.3 Å². The monoisotopic (exact) mass is 403 g/mol. The molecule has 0 spiro atoms. The van der Waals surface area contributed by atoms with E-state index in [0.29, 0.717) is 34.2 Å². The van der Waals surface area contributed by atoms with Gasteiger partial charge in [-0.2, -0.15) is 0 Å². The Hall–Kier alpha value is -3.12. The van der Waals surface area contributed by atoms with Gasteiger partial charge in [0.15, 0.2) is 5.16 Å². The molecular weight excluding hydrogens is 382 g/mol. The summed E-state index contributed by atoms with van der Waals surface area (Å²) in [6.07, 6.45) is 1.76. The van der Waals surface area contributed by atoms with Crippen LogP contribution in [0.25, 0.3) is 16.7 Å². The molecule has 0 radical (unpaired) electrons. The molecule has 0 amide bonds. The number of pyridine rings is 1. The minimum absolute atomic E-state index is 0.116. The van der Waals surface area contributed by atoms with E-state index < -0.39 is 0 Å². The van der Waals surface area contributed by atoms with Crippen molar-refractivity contribution in [3.8, 4) is 11.6 Å². The van der Waals surface area contributed by atoms with E-state index in [1.165, 1.54) is 11.8 Å². The summed E-state index contributed by atoms with van der Waals surface area (Å²) in [5, 5.41) is 1.19. The highest BCUT2D eigenvalue weighted by molar-refractivity contribution is 7.99. The molecule has 0 aliphatic heterocycles. The third kappa shape index (κ3) is 4.17. The molecule has 0 aliphatic rings. The predicted octanol–water partition coefficient (Wildman–Crippen LogP) is 4.57. The molecule has 0 aliphatic carbocycles. The van der Waals surface area contributed by atoms with Crippen LogP contribution in [-0.2, 0) is 0 Å². The van der Waals surface area contributed by atoms with Gasteiger partial charge in [-0.25, -0.2) is 14.5 Å². The molecule has 146 valence electrons. The lowest BCUT2D eigenvalue weighted by Gasteiger charge is -2.13. The van der Waals surface area contributed by atoms with Gasteiger partial charge >= 0.3 is 0 Å². The first-order valence-electron chi connectivity index (χ1n) is 9.39. The number of benzene rings is 2. The maximum Gasteiger partial charge on any atom is 0.267 e. The molecule has 0 saturated heterocycles. The molecule has 0 fully saturated rings. The Balaban J connectivity index is 1.63. The van der Waals surface area contributed by atoms with Crippen molar-refractivity contribution < 1.29 is 4.74 Å².